The number of nitro benzene ring substituents is 1. The number of aliphatic imine (C=N–C) groups is 1. The van der Waals surface area contributed by atoms with E-state index in [1.165, 1.54) is 12.1 Å². The molecule has 6 heteroatoms. The number of nitro groups is 1. The predicted octanol–water partition coefficient (Wildman–Crippen LogP) is 3.84. The van der Waals surface area contributed by atoms with Gasteiger partial charge in [0.25, 0.3) is 5.69 Å². The Hall–Kier alpha value is -3.28. The fourth-order valence-electron chi connectivity index (χ4n) is 2.16. The SMILES string of the molecule is Cc1cc(/N=C/c2ccc([N+](=O)[O-])cc2)n(-c2ccccc2)n1. The Morgan fingerprint density at radius 3 is 2.48 bits per heavy atom. The van der Waals surface area contributed by atoms with Gasteiger partial charge in [-0.1, -0.05) is 18.2 Å². The van der Waals surface area contributed by atoms with Crippen molar-refractivity contribution in [2.24, 2.45) is 4.99 Å². The van der Waals surface area contributed by atoms with E-state index in [2.05, 4.69) is 10.1 Å². The van der Waals surface area contributed by atoms with Crippen LogP contribution in [0.4, 0.5) is 11.5 Å². The van der Waals surface area contributed by atoms with Crippen molar-refractivity contribution in [2.45, 2.75) is 6.92 Å². The lowest BCUT2D eigenvalue weighted by Crippen LogP contribution is -1.96. The Labute approximate surface area is 132 Å². The summed E-state index contributed by atoms with van der Waals surface area (Å²) in [6, 6.07) is 17.9. The Balaban J connectivity index is 1.89. The Morgan fingerprint density at radius 1 is 1.13 bits per heavy atom. The van der Waals surface area contributed by atoms with Crippen molar-refractivity contribution in [2.75, 3.05) is 0 Å². The molecule has 0 N–H and O–H groups in total. The first-order valence-corrected chi connectivity index (χ1v) is 7.04. The van der Waals surface area contributed by atoms with Gasteiger partial charge in [-0.3, -0.25) is 10.1 Å². The molecule has 0 atom stereocenters. The van der Waals surface area contributed by atoms with Crippen LogP contribution in [0, 0.1) is 17.0 Å². The summed E-state index contributed by atoms with van der Waals surface area (Å²) >= 11 is 0. The molecule has 0 radical (unpaired) electrons. The number of non-ortho nitro benzene ring substituents is 1. The first-order valence-electron chi connectivity index (χ1n) is 7.04. The van der Waals surface area contributed by atoms with Gasteiger partial charge in [0.15, 0.2) is 5.82 Å². The number of aromatic nitrogens is 2. The molecule has 1 aromatic heterocycles. The molecular formula is C17H14N4O2. The van der Waals surface area contributed by atoms with Crippen molar-refractivity contribution < 1.29 is 4.92 Å². The Morgan fingerprint density at radius 2 is 1.83 bits per heavy atom. The zero-order valence-corrected chi connectivity index (χ0v) is 12.5. The van der Waals surface area contributed by atoms with Crippen LogP contribution >= 0.6 is 0 Å². The second kappa shape index (κ2) is 6.23. The molecule has 2 aromatic carbocycles. The molecule has 0 unspecified atom stereocenters. The molecule has 0 spiro atoms. The fourth-order valence-corrected chi connectivity index (χ4v) is 2.16. The quantitative estimate of drug-likeness (QED) is 0.417. The largest absolute Gasteiger partial charge is 0.269 e. The number of hydrogen-bond donors (Lipinski definition) is 0. The highest BCUT2D eigenvalue weighted by Crippen LogP contribution is 2.20. The third kappa shape index (κ3) is 3.32. The summed E-state index contributed by atoms with van der Waals surface area (Å²) in [5.74, 6) is 0.701. The lowest BCUT2D eigenvalue weighted by Gasteiger charge is -2.03. The van der Waals surface area contributed by atoms with Crippen LogP contribution < -0.4 is 0 Å². The number of aryl methyl sites for hydroxylation is 1. The van der Waals surface area contributed by atoms with Crippen molar-refractivity contribution in [1.29, 1.82) is 0 Å². The van der Waals surface area contributed by atoms with Crippen LogP contribution in [0.1, 0.15) is 11.3 Å². The summed E-state index contributed by atoms with van der Waals surface area (Å²) in [4.78, 5) is 14.7. The minimum Gasteiger partial charge on any atom is -0.258 e. The average Bonchev–Trinajstić information content (AvgIpc) is 2.95. The molecule has 0 saturated heterocycles. The number of rotatable bonds is 4. The molecule has 1 heterocycles. The van der Waals surface area contributed by atoms with Gasteiger partial charge in [0.2, 0.25) is 0 Å². The van der Waals surface area contributed by atoms with Crippen LogP contribution in [0.5, 0.6) is 0 Å². The summed E-state index contributed by atoms with van der Waals surface area (Å²) in [6.45, 7) is 1.91. The average molecular weight is 306 g/mol. The molecule has 23 heavy (non-hydrogen) atoms. The standard InChI is InChI=1S/C17H14N4O2/c1-13-11-17(20(19-13)15-5-3-2-4-6-15)18-12-14-7-9-16(10-8-14)21(22)23/h2-12H,1H3/b18-12+. The van der Waals surface area contributed by atoms with E-state index in [1.807, 2.05) is 43.3 Å². The lowest BCUT2D eigenvalue weighted by molar-refractivity contribution is -0.384. The van der Waals surface area contributed by atoms with Gasteiger partial charge >= 0.3 is 0 Å². The number of benzene rings is 2. The maximum atomic E-state index is 10.7. The molecular weight excluding hydrogens is 292 g/mol. The summed E-state index contributed by atoms with van der Waals surface area (Å²) in [5, 5.41) is 15.1. The van der Waals surface area contributed by atoms with Crippen molar-refractivity contribution in [3.8, 4) is 5.69 Å². The minimum absolute atomic E-state index is 0.0623. The van der Waals surface area contributed by atoms with Gasteiger partial charge in [0.05, 0.1) is 16.3 Å². The second-order valence-corrected chi connectivity index (χ2v) is 5.00. The number of hydrogen-bond acceptors (Lipinski definition) is 4. The van der Waals surface area contributed by atoms with Crippen molar-refractivity contribution in [3.63, 3.8) is 0 Å². The molecule has 0 bridgehead atoms. The van der Waals surface area contributed by atoms with Gasteiger partial charge in [0.1, 0.15) is 0 Å². The van der Waals surface area contributed by atoms with Crippen LogP contribution in [0.15, 0.2) is 65.7 Å². The van der Waals surface area contributed by atoms with Crippen LogP contribution in [-0.4, -0.2) is 20.9 Å². The van der Waals surface area contributed by atoms with E-state index < -0.39 is 4.92 Å². The molecule has 114 valence electrons. The van der Waals surface area contributed by atoms with Crippen molar-refractivity contribution >= 4 is 17.7 Å². The molecule has 0 aliphatic carbocycles. The molecule has 3 aromatic rings. The second-order valence-electron chi connectivity index (χ2n) is 5.00. The minimum atomic E-state index is -0.422. The van der Waals surface area contributed by atoms with E-state index in [-0.39, 0.29) is 5.69 Å². The van der Waals surface area contributed by atoms with Crippen LogP contribution in [0.3, 0.4) is 0 Å². The molecule has 6 nitrogen and oxygen atoms in total. The van der Waals surface area contributed by atoms with E-state index >= 15 is 0 Å². The van der Waals surface area contributed by atoms with Crippen molar-refractivity contribution in [3.05, 3.63) is 82.0 Å². The summed E-state index contributed by atoms with van der Waals surface area (Å²) in [6.07, 6.45) is 1.67. The topological polar surface area (TPSA) is 73.3 Å². The van der Waals surface area contributed by atoms with E-state index in [0.29, 0.717) is 5.82 Å². The zero-order chi connectivity index (χ0) is 16.2. The highest BCUT2D eigenvalue weighted by atomic mass is 16.6. The summed E-state index contributed by atoms with van der Waals surface area (Å²) < 4.78 is 1.76. The maximum absolute atomic E-state index is 10.7. The van der Waals surface area contributed by atoms with Gasteiger partial charge in [-0.25, -0.2) is 9.67 Å². The molecule has 0 fully saturated rings. The third-order valence-electron chi connectivity index (χ3n) is 3.26. The monoisotopic (exact) mass is 306 g/mol. The van der Waals surface area contributed by atoms with Crippen LogP contribution in [0.25, 0.3) is 5.69 Å². The maximum Gasteiger partial charge on any atom is 0.269 e. The highest BCUT2D eigenvalue weighted by molar-refractivity contribution is 5.82. The normalized spacial score (nSPS) is 11.0. The van der Waals surface area contributed by atoms with Gasteiger partial charge in [-0.15, -0.1) is 0 Å². The molecule has 0 aliphatic rings. The Kier molecular flexibility index (Phi) is 3.97. The first-order chi connectivity index (χ1) is 11.1. The van der Waals surface area contributed by atoms with Crippen molar-refractivity contribution in [1.82, 2.24) is 9.78 Å². The third-order valence-corrected chi connectivity index (χ3v) is 3.26. The first kappa shape index (κ1) is 14.6. The van der Waals surface area contributed by atoms with Gasteiger partial charge in [-0.2, -0.15) is 5.10 Å². The van der Waals surface area contributed by atoms with Gasteiger partial charge < -0.3 is 0 Å². The van der Waals surface area contributed by atoms with Crippen LogP contribution in [0.2, 0.25) is 0 Å². The molecule has 0 saturated carbocycles. The number of para-hydroxylation sites is 1. The highest BCUT2D eigenvalue weighted by Gasteiger charge is 2.06. The molecule has 0 aliphatic heterocycles. The molecule has 3 rings (SSSR count). The molecule has 0 amide bonds. The smallest absolute Gasteiger partial charge is 0.258 e. The zero-order valence-electron chi connectivity index (χ0n) is 12.5. The van der Waals surface area contributed by atoms with E-state index in [1.54, 1.807) is 23.0 Å². The van der Waals surface area contributed by atoms with E-state index in [9.17, 15) is 10.1 Å². The predicted molar refractivity (Wildman–Crippen MR) is 88.7 cm³/mol. The summed E-state index contributed by atoms with van der Waals surface area (Å²) in [5.41, 5.74) is 2.64. The van der Waals surface area contributed by atoms with Crippen LogP contribution in [-0.2, 0) is 0 Å². The fraction of sp³-hybridized carbons (Fsp3) is 0.0588. The van der Waals surface area contributed by atoms with Gasteiger partial charge in [0, 0.05) is 24.4 Å². The lowest BCUT2D eigenvalue weighted by atomic mass is 10.2. The van der Waals surface area contributed by atoms with E-state index in [4.69, 9.17) is 0 Å². The summed E-state index contributed by atoms with van der Waals surface area (Å²) in [7, 11) is 0. The number of nitrogens with zero attached hydrogens (tertiary/aromatic N) is 4. The van der Waals surface area contributed by atoms with Gasteiger partial charge in [-0.05, 0) is 36.8 Å². The Bertz CT molecular complexity index is 852. The van der Waals surface area contributed by atoms with E-state index in [0.717, 1.165) is 16.9 Å².